The van der Waals surface area contributed by atoms with Crippen LogP contribution in [0.2, 0.25) is 0 Å². The Labute approximate surface area is 187 Å². The minimum atomic E-state index is -3.81. The summed E-state index contributed by atoms with van der Waals surface area (Å²) in [6.07, 6.45) is 6.19. The van der Waals surface area contributed by atoms with Crippen molar-refractivity contribution in [3.63, 3.8) is 0 Å². The second-order valence-corrected chi connectivity index (χ2v) is 10.3. The molecule has 2 aromatic carbocycles. The highest BCUT2D eigenvalue weighted by atomic mass is 79.9. The van der Waals surface area contributed by atoms with Crippen LogP contribution in [-0.2, 0) is 13.8 Å². The van der Waals surface area contributed by atoms with Gasteiger partial charge < -0.3 is 13.8 Å². The van der Waals surface area contributed by atoms with E-state index in [1.165, 1.54) is 12.8 Å². The van der Waals surface area contributed by atoms with Gasteiger partial charge in [0, 0.05) is 11.4 Å². The molecule has 1 fully saturated rings. The molecule has 0 amide bonds. The summed E-state index contributed by atoms with van der Waals surface area (Å²) in [6.45, 7) is 3.08. The zero-order valence-corrected chi connectivity index (χ0v) is 19.9. The number of ether oxygens (including phenoxy) is 1. The van der Waals surface area contributed by atoms with Gasteiger partial charge in [-0.25, -0.2) is 4.57 Å². The highest BCUT2D eigenvalue weighted by Crippen LogP contribution is 2.49. The zero-order chi connectivity index (χ0) is 21.3. The maximum atomic E-state index is 13.2. The topological polar surface area (TPSA) is 54.0 Å². The van der Waals surface area contributed by atoms with E-state index in [1.54, 1.807) is 24.3 Å². The Kier molecular flexibility index (Phi) is 8.82. The van der Waals surface area contributed by atoms with Crippen molar-refractivity contribution in [2.75, 3.05) is 13.2 Å². The average Bonchev–Trinajstić information content (AvgIpc) is 2.74. The number of phosphoric acid groups is 1. The number of benzene rings is 2. The lowest BCUT2D eigenvalue weighted by atomic mass is 9.86. The Morgan fingerprint density at radius 1 is 0.933 bits per heavy atom. The molecule has 0 heterocycles. The molecule has 0 radical (unpaired) electrons. The van der Waals surface area contributed by atoms with E-state index >= 15 is 0 Å². The number of hydrogen-bond donors (Lipinski definition) is 0. The Balaban J connectivity index is 1.49. The molecule has 5 nitrogen and oxygen atoms in total. The number of hydrogen-bond acceptors (Lipinski definition) is 5. The summed E-state index contributed by atoms with van der Waals surface area (Å²) in [6, 6.07) is 17.8. The first-order valence-electron chi connectivity index (χ1n) is 10.5. The van der Waals surface area contributed by atoms with Gasteiger partial charge in [-0.2, -0.15) is 0 Å². The molecule has 7 heteroatoms. The molecule has 1 aliphatic rings. The highest BCUT2D eigenvalue weighted by Gasteiger charge is 2.35. The van der Waals surface area contributed by atoms with Crippen LogP contribution in [0.3, 0.4) is 0 Å². The van der Waals surface area contributed by atoms with Gasteiger partial charge >= 0.3 is 7.82 Å². The van der Waals surface area contributed by atoms with E-state index in [4.69, 9.17) is 18.3 Å². The van der Waals surface area contributed by atoms with E-state index < -0.39 is 7.82 Å². The van der Waals surface area contributed by atoms with Crippen molar-refractivity contribution < 1.29 is 22.9 Å². The number of para-hydroxylation sites is 2. The predicted molar refractivity (Wildman–Crippen MR) is 122 cm³/mol. The summed E-state index contributed by atoms with van der Waals surface area (Å²) in [5, 5.41) is 0. The van der Waals surface area contributed by atoms with Crippen molar-refractivity contribution in [3.8, 4) is 11.5 Å². The average molecular weight is 497 g/mol. The van der Waals surface area contributed by atoms with Crippen LogP contribution in [0.25, 0.3) is 0 Å². The van der Waals surface area contributed by atoms with E-state index in [1.807, 2.05) is 36.4 Å². The molecular weight excluding hydrogens is 467 g/mol. The largest absolute Gasteiger partial charge is 0.587 e. The Bertz CT molecular complexity index is 758. The fourth-order valence-electron chi connectivity index (χ4n) is 3.40. The van der Waals surface area contributed by atoms with Gasteiger partial charge in [0.2, 0.25) is 0 Å². The van der Waals surface area contributed by atoms with Gasteiger partial charge in [-0.1, -0.05) is 65.2 Å². The molecule has 2 aromatic rings. The summed E-state index contributed by atoms with van der Waals surface area (Å²) in [4.78, 5) is 0.397. The second kappa shape index (κ2) is 11.3. The van der Waals surface area contributed by atoms with Gasteiger partial charge in [0.1, 0.15) is 11.5 Å². The Morgan fingerprint density at radius 3 is 2.07 bits per heavy atom. The Morgan fingerprint density at radius 2 is 1.50 bits per heavy atom. The Hall–Kier alpha value is -1.33. The van der Waals surface area contributed by atoms with Gasteiger partial charge in [-0.15, -0.1) is 0 Å². The van der Waals surface area contributed by atoms with Crippen LogP contribution in [0.1, 0.15) is 45.4 Å². The summed E-state index contributed by atoms with van der Waals surface area (Å²) in [5.41, 5.74) is -0.110. The number of halogens is 1. The van der Waals surface area contributed by atoms with Crippen LogP contribution in [-0.4, -0.2) is 23.6 Å². The quantitative estimate of drug-likeness (QED) is 0.187. The van der Waals surface area contributed by atoms with Crippen LogP contribution in [0.15, 0.2) is 60.7 Å². The molecule has 0 saturated heterocycles. The number of rotatable bonds is 11. The molecule has 0 N–H and O–H groups in total. The van der Waals surface area contributed by atoms with Crippen molar-refractivity contribution in [2.24, 2.45) is 0 Å². The standard InChI is InChI=1S/C23H30BrO5P/c1-23(17-9-8-16-22(23)24)26-18-10-11-19-27-30(25,28-20-12-4-2-5-13-20)29-21-14-6-3-7-15-21/h2-7,12-15,22H,8-11,16-19H2,1H3/t22-,23-/m1/s1. The number of alkyl halides is 1. The van der Waals surface area contributed by atoms with E-state index in [2.05, 4.69) is 22.9 Å². The molecule has 0 spiro atoms. The van der Waals surface area contributed by atoms with Crippen LogP contribution in [0.5, 0.6) is 11.5 Å². The molecule has 164 valence electrons. The number of unbranched alkanes of at least 4 members (excludes halogenated alkanes) is 1. The fourth-order valence-corrected chi connectivity index (χ4v) is 5.34. The minimum Gasteiger partial charge on any atom is -0.395 e. The monoisotopic (exact) mass is 496 g/mol. The summed E-state index contributed by atoms with van der Waals surface area (Å²) < 4.78 is 36.2. The van der Waals surface area contributed by atoms with Crippen LogP contribution >= 0.6 is 23.8 Å². The highest BCUT2D eigenvalue weighted by molar-refractivity contribution is 9.09. The van der Waals surface area contributed by atoms with Crippen LogP contribution in [0, 0.1) is 0 Å². The third-order valence-corrected chi connectivity index (χ3v) is 7.98. The first-order valence-corrected chi connectivity index (χ1v) is 12.9. The maximum absolute atomic E-state index is 13.2. The molecular formula is C23H30BrO5P. The van der Waals surface area contributed by atoms with Gasteiger partial charge in [0.05, 0.1) is 12.2 Å². The molecule has 3 rings (SSSR count). The second-order valence-electron chi connectivity index (χ2n) is 7.67. The number of phosphoric ester groups is 1. The lowest BCUT2D eigenvalue weighted by molar-refractivity contribution is -0.0516. The van der Waals surface area contributed by atoms with Gasteiger partial charge in [0.25, 0.3) is 0 Å². The molecule has 0 unspecified atom stereocenters. The third-order valence-electron chi connectivity index (χ3n) is 5.18. The van der Waals surface area contributed by atoms with Gasteiger partial charge in [0.15, 0.2) is 0 Å². The SMILES string of the molecule is C[C@@]1(OCCCCOP(=O)(Oc2ccccc2)Oc2ccccc2)CCCC[C@H]1Br. The van der Waals surface area contributed by atoms with Crippen molar-refractivity contribution in [2.45, 2.75) is 55.9 Å². The molecule has 1 saturated carbocycles. The smallest absolute Gasteiger partial charge is 0.395 e. The zero-order valence-electron chi connectivity index (χ0n) is 17.4. The van der Waals surface area contributed by atoms with Crippen LogP contribution in [0.4, 0.5) is 0 Å². The third kappa shape index (κ3) is 7.12. The maximum Gasteiger partial charge on any atom is 0.587 e. The molecule has 1 aliphatic carbocycles. The van der Waals surface area contributed by atoms with Crippen molar-refractivity contribution in [1.82, 2.24) is 0 Å². The predicted octanol–water partition coefficient (Wildman–Crippen LogP) is 7.16. The van der Waals surface area contributed by atoms with Crippen molar-refractivity contribution in [1.29, 1.82) is 0 Å². The van der Waals surface area contributed by atoms with E-state index in [0.29, 0.717) is 29.4 Å². The minimum absolute atomic E-state index is 0.110. The van der Waals surface area contributed by atoms with Gasteiger partial charge in [-0.05, 0) is 56.9 Å². The fraction of sp³-hybridized carbons (Fsp3) is 0.478. The first kappa shape index (κ1) is 23.3. The van der Waals surface area contributed by atoms with Crippen molar-refractivity contribution in [3.05, 3.63) is 60.7 Å². The molecule has 0 aliphatic heterocycles. The van der Waals surface area contributed by atoms with Gasteiger partial charge in [-0.3, -0.25) is 4.52 Å². The van der Waals surface area contributed by atoms with E-state index in [9.17, 15) is 4.57 Å². The summed E-state index contributed by atoms with van der Waals surface area (Å²) in [7, 11) is -3.81. The molecule has 30 heavy (non-hydrogen) atoms. The summed E-state index contributed by atoms with van der Waals surface area (Å²) in [5.74, 6) is 0.877. The lowest BCUT2D eigenvalue weighted by Crippen LogP contribution is -2.41. The normalized spacial score (nSPS) is 21.9. The lowest BCUT2D eigenvalue weighted by Gasteiger charge is -2.38. The molecule has 2 atom stereocenters. The van der Waals surface area contributed by atoms with E-state index in [-0.39, 0.29) is 12.2 Å². The van der Waals surface area contributed by atoms with Crippen molar-refractivity contribution >= 4 is 23.8 Å². The first-order chi connectivity index (χ1) is 14.5. The molecule has 0 bridgehead atoms. The van der Waals surface area contributed by atoms with Crippen LogP contribution < -0.4 is 9.05 Å². The van der Waals surface area contributed by atoms with E-state index in [0.717, 1.165) is 19.3 Å². The summed E-state index contributed by atoms with van der Waals surface area (Å²) >= 11 is 3.76. The molecule has 0 aromatic heterocycles.